The molecule has 0 aliphatic carbocycles. The summed E-state index contributed by atoms with van der Waals surface area (Å²) in [6, 6.07) is -2.59. The van der Waals surface area contributed by atoms with Crippen LogP contribution in [0, 0.1) is 0 Å². The lowest BCUT2D eigenvalue weighted by Crippen LogP contribution is -2.35. The lowest BCUT2D eigenvalue weighted by atomic mass is 10.3. The van der Waals surface area contributed by atoms with Gasteiger partial charge in [0.1, 0.15) is 6.02 Å². The van der Waals surface area contributed by atoms with Gasteiger partial charge in [0.25, 0.3) is 0 Å². The van der Waals surface area contributed by atoms with Gasteiger partial charge >= 0.3 is 16.4 Å². The molecule has 0 saturated heterocycles. The lowest BCUT2D eigenvalue weighted by Gasteiger charge is -2.03. The van der Waals surface area contributed by atoms with Crippen molar-refractivity contribution in [2.45, 2.75) is 6.02 Å². The van der Waals surface area contributed by atoms with Crippen LogP contribution in [0.2, 0.25) is 0 Å². The van der Waals surface area contributed by atoms with E-state index in [0.717, 1.165) is 0 Å². The van der Waals surface area contributed by atoms with Crippen LogP contribution in [0.15, 0.2) is 0 Å². The van der Waals surface area contributed by atoms with E-state index < -0.39 is 29.0 Å². The van der Waals surface area contributed by atoms with Gasteiger partial charge in [0.2, 0.25) is 0 Å². The number of carboxylic acid groups (broad SMARTS) is 1. The first-order valence-electron chi connectivity index (χ1n) is 2.79. The van der Waals surface area contributed by atoms with E-state index in [0.29, 0.717) is 0 Å². The summed E-state index contributed by atoms with van der Waals surface area (Å²) in [4.78, 5) is 10.1. The minimum Gasteiger partial charge on any atom is -0.480 e. The van der Waals surface area contributed by atoms with E-state index in [1.165, 1.54) is 0 Å². The molecule has 0 aromatic rings. The summed E-state index contributed by atoms with van der Waals surface area (Å²) in [6.07, 6.45) is 0. The van der Waals surface area contributed by atoms with Crippen LogP contribution in [0.3, 0.4) is 0 Å². The molecule has 0 saturated carbocycles. The largest absolute Gasteiger partial charge is 0.480 e. The maximum Gasteiger partial charge on any atom is 0.397 e. The van der Waals surface area contributed by atoms with Crippen molar-refractivity contribution >= 4 is 16.4 Å². The standard InChI is InChI=1S/C3H7NO6S/c4-2(3(5)6)1-10-11(7,8)9/h2H,1,4H2,(H,5,6)(H,7,8,9)/t2-/m1/s1/i2D. The van der Waals surface area contributed by atoms with Crippen LogP contribution < -0.4 is 5.73 Å². The molecule has 0 aromatic heterocycles. The van der Waals surface area contributed by atoms with Gasteiger partial charge in [-0.25, -0.2) is 4.18 Å². The second-order valence-corrected chi connectivity index (χ2v) is 2.61. The lowest BCUT2D eigenvalue weighted by molar-refractivity contribution is -0.139. The fourth-order valence-corrected chi connectivity index (χ4v) is 0.476. The van der Waals surface area contributed by atoms with E-state index >= 15 is 0 Å². The van der Waals surface area contributed by atoms with Crippen molar-refractivity contribution in [3.8, 4) is 0 Å². The Morgan fingerprint density at radius 3 is 2.55 bits per heavy atom. The number of nitrogens with two attached hydrogens (primary N) is 1. The fraction of sp³-hybridized carbons (Fsp3) is 0.667. The Balaban J connectivity index is 4.20. The summed E-state index contributed by atoms with van der Waals surface area (Å²) in [5.41, 5.74) is 4.73. The first kappa shape index (κ1) is 8.40. The Morgan fingerprint density at radius 2 is 2.27 bits per heavy atom. The summed E-state index contributed by atoms with van der Waals surface area (Å²) in [5.74, 6) is -1.76. The minimum atomic E-state index is -4.75. The second-order valence-electron chi connectivity index (χ2n) is 1.52. The van der Waals surface area contributed by atoms with Gasteiger partial charge in [0.15, 0.2) is 0 Å². The van der Waals surface area contributed by atoms with Crippen LogP contribution in [0.5, 0.6) is 0 Å². The first-order chi connectivity index (χ1) is 5.15. The molecule has 0 radical (unpaired) electrons. The highest BCUT2D eigenvalue weighted by Crippen LogP contribution is 1.88. The molecule has 0 aliphatic rings. The molecule has 0 aliphatic heterocycles. The molecule has 0 unspecified atom stereocenters. The average Bonchev–Trinajstić information content (AvgIpc) is 1.82. The van der Waals surface area contributed by atoms with Crippen LogP contribution in [0.1, 0.15) is 1.37 Å². The van der Waals surface area contributed by atoms with E-state index in [1.807, 2.05) is 0 Å². The number of aliphatic carboxylic acids is 1. The monoisotopic (exact) mass is 186 g/mol. The van der Waals surface area contributed by atoms with Crippen molar-refractivity contribution in [3.05, 3.63) is 0 Å². The van der Waals surface area contributed by atoms with Gasteiger partial charge < -0.3 is 10.8 Å². The van der Waals surface area contributed by atoms with Crippen LogP contribution in [-0.4, -0.2) is 36.7 Å². The molecule has 0 amide bonds. The van der Waals surface area contributed by atoms with Crippen LogP contribution in [0.4, 0.5) is 0 Å². The summed E-state index contributed by atoms with van der Waals surface area (Å²) in [5, 5.41) is 8.17. The number of hydrogen-bond donors (Lipinski definition) is 3. The van der Waals surface area contributed by atoms with Gasteiger partial charge in [-0.05, 0) is 0 Å². The molecule has 1 atom stereocenters. The maximum absolute atomic E-state index is 10.1. The summed E-state index contributed by atoms with van der Waals surface area (Å²) in [7, 11) is -4.75. The third-order valence-electron chi connectivity index (χ3n) is 0.638. The molecule has 0 fully saturated rings. The highest BCUT2D eigenvalue weighted by molar-refractivity contribution is 7.80. The molecule has 66 valence electrons. The van der Waals surface area contributed by atoms with Crippen molar-refractivity contribution in [1.82, 2.24) is 0 Å². The predicted octanol–water partition coefficient (Wildman–Crippen LogP) is -1.78. The first-order valence-corrected chi connectivity index (χ1v) is 3.66. The highest BCUT2D eigenvalue weighted by atomic mass is 32.3. The third kappa shape index (κ3) is 5.73. The van der Waals surface area contributed by atoms with E-state index in [-0.39, 0.29) is 0 Å². The third-order valence-corrected chi connectivity index (χ3v) is 1.05. The minimum absolute atomic E-state index is 1.15. The SMILES string of the molecule is [2H][C@@](N)(COS(=O)(=O)O)C(=O)O. The molecule has 11 heavy (non-hydrogen) atoms. The highest BCUT2D eigenvalue weighted by Gasteiger charge is 2.15. The molecule has 0 spiro atoms. The average molecular weight is 186 g/mol. The number of rotatable bonds is 4. The maximum atomic E-state index is 10.1. The molecular weight excluding hydrogens is 178 g/mol. The van der Waals surface area contributed by atoms with Crippen LogP contribution >= 0.6 is 0 Å². The van der Waals surface area contributed by atoms with Gasteiger partial charge in [-0.1, -0.05) is 0 Å². The van der Waals surface area contributed by atoms with Gasteiger partial charge in [-0.2, -0.15) is 8.42 Å². The molecule has 0 aromatic carbocycles. The van der Waals surface area contributed by atoms with Crippen molar-refractivity contribution in [2.75, 3.05) is 6.61 Å². The van der Waals surface area contributed by atoms with Crippen LogP contribution in [-0.2, 0) is 19.4 Å². The zero-order chi connectivity index (χ0) is 9.99. The van der Waals surface area contributed by atoms with Crippen LogP contribution in [0.25, 0.3) is 0 Å². The van der Waals surface area contributed by atoms with E-state index in [2.05, 4.69) is 4.18 Å². The summed E-state index contributed by atoms with van der Waals surface area (Å²) < 4.78 is 38.1. The quantitative estimate of drug-likeness (QED) is 0.443. The number of carbonyl (C=O) groups is 1. The van der Waals surface area contributed by atoms with E-state index in [9.17, 15) is 13.2 Å². The van der Waals surface area contributed by atoms with Crippen molar-refractivity contribution < 1.29 is 28.4 Å². The van der Waals surface area contributed by atoms with Crippen molar-refractivity contribution in [1.29, 1.82) is 0 Å². The topological polar surface area (TPSA) is 127 Å². The Morgan fingerprint density at radius 1 is 1.82 bits per heavy atom. The second kappa shape index (κ2) is 3.62. The number of carboxylic acids is 1. The van der Waals surface area contributed by atoms with Gasteiger partial charge in [0, 0.05) is 0 Å². The smallest absolute Gasteiger partial charge is 0.397 e. The van der Waals surface area contributed by atoms with E-state index in [4.69, 9.17) is 16.8 Å². The Labute approximate surface area is 64.1 Å². The predicted molar refractivity (Wildman–Crippen MR) is 33.1 cm³/mol. The van der Waals surface area contributed by atoms with Crippen molar-refractivity contribution in [3.63, 3.8) is 0 Å². The molecule has 0 heterocycles. The molecule has 7 nitrogen and oxygen atoms in total. The summed E-state index contributed by atoms with van der Waals surface area (Å²) in [6.45, 7) is -1.15. The fourth-order valence-electron chi connectivity index (χ4n) is 0.200. The Kier molecular flexibility index (Phi) is 2.76. The van der Waals surface area contributed by atoms with Gasteiger partial charge in [0.05, 0.1) is 7.98 Å². The Hall–Kier alpha value is -0.700. The van der Waals surface area contributed by atoms with Gasteiger partial charge in [-0.3, -0.25) is 9.35 Å². The zero-order valence-electron chi connectivity index (χ0n) is 6.22. The zero-order valence-corrected chi connectivity index (χ0v) is 6.04. The molecular formula is C3H7NO6S. The summed E-state index contributed by atoms with van der Waals surface area (Å²) >= 11 is 0. The Bertz CT molecular complexity index is 271. The molecule has 8 heteroatoms. The number of hydrogen-bond acceptors (Lipinski definition) is 5. The van der Waals surface area contributed by atoms with E-state index in [1.54, 1.807) is 0 Å². The molecule has 0 rings (SSSR count). The van der Waals surface area contributed by atoms with Crippen molar-refractivity contribution in [2.24, 2.45) is 5.73 Å². The van der Waals surface area contributed by atoms with Gasteiger partial charge in [-0.15, -0.1) is 0 Å². The molecule has 4 N–H and O–H groups in total. The molecule has 0 bridgehead atoms. The normalized spacial score (nSPS) is 18.5.